The van der Waals surface area contributed by atoms with E-state index in [2.05, 4.69) is 6.92 Å². The van der Waals surface area contributed by atoms with Gasteiger partial charge in [0.25, 0.3) is 0 Å². The largest absolute Gasteiger partial charge is 0.295 e. The number of carbonyl (C=O) groups excluding carboxylic acids is 1. The fourth-order valence-electron chi connectivity index (χ4n) is 0.269. The highest BCUT2D eigenvalue weighted by atomic mass is 16.1. The van der Waals surface area contributed by atoms with Crippen LogP contribution in [0, 0.1) is 6.92 Å². The molecule has 0 unspecified atom stereocenters. The maximum Gasteiger partial charge on any atom is 0.155 e. The molecular weight excluding hydrogens is 88.1 g/mol. The third kappa shape index (κ3) is 3.23. The molecule has 0 aliphatic heterocycles. The van der Waals surface area contributed by atoms with Crippen molar-refractivity contribution in [3.63, 3.8) is 0 Å². The summed E-state index contributed by atoms with van der Waals surface area (Å²) in [6, 6.07) is 0. The number of rotatable bonds is 2. The summed E-state index contributed by atoms with van der Waals surface area (Å²) < 4.78 is 0. The lowest BCUT2D eigenvalue weighted by Crippen LogP contribution is -1.85. The average molecular weight is 97.1 g/mol. The Morgan fingerprint density at radius 2 is 2.43 bits per heavy atom. The predicted octanol–water partition coefficient (Wildman–Crippen LogP) is 1.36. The third-order valence-electron chi connectivity index (χ3n) is 0.599. The molecule has 0 saturated carbocycles. The quantitative estimate of drug-likeness (QED) is 0.475. The molecular formula is C6H9O. The van der Waals surface area contributed by atoms with Gasteiger partial charge in [0, 0.05) is 6.42 Å². The first-order valence-electron chi connectivity index (χ1n) is 2.26. The van der Waals surface area contributed by atoms with Gasteiger partial charge in [-0.15, -0.1) is 0 Å². The lowest BCUT2D eigenvalue weighted by molar-refractivity contribution is -0.113. The SMILES string of the molecule is [CH2]CC(=O)/C=C/C. The fourth-order valence-corrected chi connectivity index (χ4v) is 0.269. The van der Waals surface area contributed by atoms with Gasteiger partial charge < -0.3 is 0 Å². The average Bonchev–Trinajstić information content (AvgIpc) is 1.68. The third-order valence-corrected chi connectivity index (χ3v) is 0.599. The van der Waals surface area contributed by atoms with Crippen molar-refractivity contribution >= 4 is 5.78 Å². The summed E-state index contributed by atoms with van der Waals surface area (Å²) in [5, 5.41) is 0. The Bertz CT molecular complexity index is 82.2. The summed E-state index contributed by atoms with van der Waals surface area (Å²) in [6.45, 7) is 5.22. The van der Waals surface area contributed by atoms with Crippen LogP contribution in [-0.4, -0.2) is 5.78 Å². The van der Waals surface area contributed by atoms with Gasteiger partial charge in [0.1, 0.15) is 0 Å². The zero-order valence-corrected chi connectivity index (χ0v) is 4.48. The first-order chi connectivity index (χ1) is 3.31. The molecule has 0 aromatic rings. The molecule has 0 aliphatic carbocycles. The highest BCUT2D eigenvalue weighted by Gasteiger charge is 1.84. The number of allylic oxidation sites excluding steroid dienone is 2. The van der Waals surface area contributed by atoms with Crippen LogP contribution in [0.25, 0.3) is 0 Å². The van der Waals surface area contributed by atoms with E-state index in [0.717, 1.165) is 0 Å². The molecule has 39 valence electrons. The maximum atomic E-state index is 10.3. The van der Waals surface area contributed by atoms with Crippen LogP contribution in [0.3, 0.4) is 0 Å². The van der Waals surface area contributed by atoms with Crippen LogP contribution in [0.5, 0.6) is 0 Å². The molecule has 0 saturated heterocycles. The lowest BCUT2D eigenvalue weighted by atomic mass is 10.3. The van der Waals surface area contributed by atoms with Crippen molar-refractivity contribution in [1.29, 1.82) is 0 Å². The summed E-state index contributed by atoms with van der Waals surface area (Å²) in [6.07, 6.45) is 3.60. The van der Waals surface area contributed by atoms with Crippen molar-refractivity contribution in [2.75, 3.05) is 0 Å². The zero-order chi connectivity index (χ0) is 5.70. The molecule has 0 bridgehead atoms. The topological polar surface area (TPSA) is 17.1 Å². The van der Waals surface area contributed by atoms with E-state index in [4.69, 9.17) is 0 Å². The first kappa shape index (κ1) is 6.41. The molecule has 1 radical (unpaired) electrons. The van der Waals surface area contributed by atoms with Gasteiger partial charge in [-0.2, -0.15) is 0 Å². The molecule has 0 aliphatic rings. The van der Waals surface area contributed by atoms with E-state index in [1.165, 1.54) is 6.08 Å². The molecule has 0 spiro atoms. The molecule has 0 heterocycles. The van der Waals surface area contributed by atoms with Crippen LogP contribution in [0.4, 0.5) is 0 Å². The van der Waals surface area contributed by atoms with E-state index in [9.17, 15) is 4.79 Å². The summed E-state index contributed by atoms with van der Waals surface area (Å²) in [7, 11) is 0. The van der Waals surface area contributed by atoms with Gasteiger partial charge in [0.2, 0.25) is 0 Å². The smallest absolute Gasteiger partial charge is 0.155 e. The Morgan fingerprint density at radius 1 is 1.86 bits per heavy atom. The molecule has 0 fully saturated rings. The van der Waals surface area contributed by atoms with Gasteiger partial charge in [-0.25, -0.2) is 0 Å². The number of hydrogen-bond donors (Lipinski definition) is 0. The zero-order valence-electron chi connectivity index (χ0n) is 4.48. The number of carbonyl (C=O) groups is 1. The van der Waals surface area contributed by atoms with E-state index >= 15 is 0 Å². The highest BCUT2D eigenvalue weighted by Crippen LogP contribution is 1.79. The van der Waals surface area contributed by atoms with Gasteiger partial charge in [0.05, 0.1) is 0 Å². The van der Waals surface area contributed by atoms with E-state index < -0.39 is 0 Å². The molecule has 0 amide bonds. The molecule has 0 aromatic carbocycles. The van der Waals surface area contributed by atoms with Crippen LogP contribution >= 0.6 is 0 Å². The minimum atomic E-state index is 0.0856. The number of ketones is 1. The van der Waals surface area contributed by atoms with Gasteiger partial charge in [-0.1, -0.05) is 6.08 Å². The lowest BCUT2D eigenvalue weighted by Gasteiger charge is -1.78. The van der Waals surface area contributed by atoms with Gasteiger partial charge in [0.15, 0.2) is 5.78 Å². The van der Waals surface area contributed by atoms with Crippen LogP contribution in [-0.2, 0) is 4.79 Å². The Balaban J connectivity index is 3.37. The second-order valence-electron chi connectivity index (χ2n) is 1.22. The second kappa shape index (κ2) is 3.59. The fraction of sp³-hybridized carbons (Fsp3) is 0.333. The maximum absolute atomic E-state index is 10.3. The van der Waals surface area contributed by atoms with Crippen LogP contribution in [0.1, 0.15) is 13.3 Å². The van der Waals surface area contributed by atoms with E-state index in [-0.39, 0.29) is 5.78 Å². The normalized spacial score (nSPS) is 10.0. The van der Waals surface area contributed by atoms with E-state index in [0.29, 0.717) is 6.42 Å². The van der Waals surface area contributed by atoms with Crippen LogP contribution < -0.4 is 0 Å². The molecule has 0 N–H and O–H groups in total. The van der Waals surface area contributed by atoms with Crippen molar-refractivity contribution in [1.82, 2.24) is 0 Å². The van der Waals surface area contributed by atoms with Crippen molar-refractivity contribution in [2.24, 2.45) is 0 Å². The van der Waals surface area contributed by atoms with Gasteiger partial charge in [-0.3, -0.25) is 4.79 Å². The molecule has 1 nitrogen and oxygen atoms in total. The minimum absolute atomic E-state index is 0.0856. The second-order valence-corrected chi connectivity index (χ2v) is 1.22. The van der Waals surface area contributed by atoms with Crippen molar-refractivity contribution in [2.45, 2.75) is 13.3 Å². The predicted molar refractivity (Wildman–Crippen MR) is 29.8 cm³/mol. The van der Waals surface area contributed by atoms with E-state index in [1.807, 2.05) is 6.92 Å². The summed E-state index contributed by atoms with van der Waals surface area (Å²) in [4.78, 5) is 10.3. The Hall–Kier alpha value is -0.590. The highest BCUT2D eigenvalue weighted by molar-refractivity contribution is 5.89. The van der Waals surface area contributed by atoms with Crippen molar-refractivity contribution < 1.29 is 4.79 Å². The molecule has 0 rings (SSSR count). The van der Waals surface area contributed by atoms with Crippen LogP contribution in [0.15, 0.2) is 12.2 Å². The molecule has 1 heteroatoms. The molecule has 7 heavy (non-hydrogen) atoms. The van der Waals surface area contributed by atoms with Crippen LogP contribution in [0.2, 0.25) is 0 Å². The minimum Gasteiger partial charge on any atom is -0.295 e. The first-order valence-corrected chi connectivity index (χ1v) is 2.26. The Labute approximate surface area is 44.0 Å². The monoisotopic (exact) mass is 97.1 g/mol. The van der Waals surface area contributed by atoms with Crippen molar-refractivity contribution in [3.8, 4) is 0 Å². The van der Waals surface area contributed by atoms with Gasteiger partial charge in [-0.05, 0) is 19.9 Å². The molecule has 0 atom stereocenters. The Kier molecular flexibility index (Phi) is 3.29. The summed E-state index contributed by atoms with van der Waals surface area (Å²) in [5.41, 5.74) is 0. The van der Waals surface area contributed by atoms with E-state index in [1.54, 1.807) is 6.08 Å². The molecule has 0 aromatic heterocycles. The standard InChI is InChI=1S/C6H9O/c1-3-5-6(7)4-2/h3,5H,2,4H2,1H3/b5-3+. The Morgan fingerprint density at radius 3 is 2.57 bits per heavy atom. The summed E-state index contributed by atoms with van der Waals surface area (Å²) in [5.74, 6) is 0.0856. The number of hydrogen-bond acceptors (Lipinski definition) is 1. The van der Waals surface area contributed by atoms with Crippen molar-refractivity contribution in [3.05, 3.63) is 19.1 Å². The van der Waals surface area contributed by atoms with Gasteiger partial charge >= 0.3 is 0 Å². The summed E-state index contributed by atoms with van der Waals surface area (Å²) >= 11 is 0.